The van der Waals surface area contributed by atoms with Gasteiger partial charge in [0.05, 0.1) is 18.8 Å². The molecule has 0 aromatic carbocycles. The Hall–Kier alpha value is -0.916. The van der Waals surface area contributed by atoms with E-state index >= 15 is 0 Å². The molecule has 290 valence electrons. The Morgan fingerprint density at radius 3 is 1.96 bits per heavy atom. The Balaban J connectivity index is 2.65. The standard InChI is InChI=1S/C38H72NO8PSi2/c1-25(2)20-30-34-28(5)27(4)22-29(38(34,35(42)39-30)33(41)24-48(43,44-12)45-13)21-26(3)18-19-31(46-49(14,15)36(6,7)8)32(23-40)47-50(16,17)37(9,10)11/h21-22,25,28-32,34,40H,18-20,23-24H2,1-17H3,(H,39,42)/b26-21+/t28-,29+,30+,31-,32+,34+,38-/m1/s1. The van der Waals surface area contributed by atoms with Crippen molar-refractivity contribution in [1.82, 2.24) is 5.32 Å². The molecule has 1 fully saturated rings. The van der Waals surface area contributed by atoms with E-state index in [1.807, 2.05) is 6.92 Å². The molecule has 0 unspecified atom stereocenters. The van der Waals surface area contributed by atoms with Crippen LogP contribution >= 0.6 is 7.60 Å². The van der Waals surface area contributed by atoms with Crippen LogP contribution in [0.3, 0.4) is 0 Å². The van der Waals surface area contributed by atoms with E-state index in [0.717, 1.165) is 17.6 Å². The van der Waals surface area contributed by atoms with Crippen molar-refractivity contribution in [2.24, 2.45) is 29.1 Å². The molecule has 0 spiro atoms. The number of allylic oxidation sites excluding steroid dienone is 4. The van der Waals surface area contributed by atoms with Gasteiger partial charge < -0.3 is 28.3 Å². The number of nitrogens with one attached hydrogen (secondary N) is 1. The third kappa shape index (κ3) is 9.79. The normalized spacial score (nSPS) is 26.8. The molecule has 1 heterocycles. The quantitative estimate of drug-likeness (QED) is 0.0654. The number of carbonyl (C=O) groups excluding carboxylic acids is 2. The first-order chi connectivity index (χ1) is 22.6. The van der Waals surface area contributed by atoms with Gasteiger partial charge in [0.25, 0.3) is 0 Å². The summed E-state index contributed by atoms with van der Waals surface area (Å²) in [6.07, 6.45) is 4.78. The van der Waals surface area contributed by atoms with Gasteiger partial charge in [0.2, 0.25) is 5.91 Å². The number of carbonyl (C=O) groups is 2. The van der Waals surface area contributed by atoms with Crippen molar-refractivity contribution in [3.63, 3.8) is 0 Å². The Bertz CT molecular complexity index is 1310. The zero-order valence-electron chi connectivity index (χ0n) is 34.5. The van der Waals surface area contributed by atoms with Crippen LogP contribution in [-0.4, -0.2) is 78.7 Å². The van der Waals surface area contributed by atoms with Crippen LogP contribution in [0.2, 0.25) is 36.3 Å². The summed E-state index contributed by atoms with van der Waals surface area (Å²) >= 11 is 0. The Kier molecular flexibility index (Phi) is 15.0. The number of aliphatic hydroxyl groups excluding tert-OH is 1. The molecule has 2 aliphatic rings. The number of rotatable bonds is 17. The lowest BCUT2D eigenvalue weighted by atomic mass is 9.55. The van der Waals surface area contributed by atoms with Crippen molar-refractivity contribution in [2.75, 3.05) is 27.0 Å². The van der Waals surface area contributed by atoms with Gasteiger partial charge >= 0.3 is 7.60 Å². The average Bonchev–Trinajstić information content (AvgIpc) is 3.27. The van der Waals surface area contributed by atoms with Crippen LogP contribution < -0.4 is 5.32 Å². The smallest absolute Gasteiger partial charge is 0.337 e. The molecule has 1 aliphatic heterocycles. The van der Waals surface area contributed by atoms with E-state index in [1.54, 1.807) is 0 Å². The molecule has 0 radical (unpaired) electrons. The van der Waals surface area contributed by atoms with Gasteiger partial charge in [0.1, 0.15) is 11.6 Å². The van der Waals surface area contributed by atoms with Crippen LogP contribution in [-0.2, 0) is 32.1 Å². The van der Waals surface area contributed by atoms with E-state index < -0.39 is 53.6 Å². The fraction of sp³-hybridized carbons (Fsp3) is 0.842. The number of hydrogen-bond donors (Lipinski definition) is 2. The van der Waals surface area contributed by atoms with Crippen LogP contribution in [0.15, 0.2) is 23.3 Å². The molecule has 2 rings (SSSR count). The largest absolute Gasteiger partial charge is 0.411 e. The first-order valence-corrected chi connectivity index (χ1v) is 26.0. The molecule has 2 N–H and O–H groups in total. The summed E-state index contributed by atoms with van der Waals surface area (Å²) in [5.74, 6) is -1.34. The van der Waals surface area contributed by atoms with Gasteiger partial charge in [-0.25, -0.2) is 0 Å². The molecule has 1 saturated heterocycles. The van der Waals surface area contributed by atoms with E-state index in [-0.39, 0.29) is 46.6 Å². The van der Waals surface area contributed by atoms with Crippen molar-refractivity contribution in [3.05, 3.63) is 23.3 Å². The molecule has 0 aromatic rings. The molecule has 0 aromatic heterocycles. The maximum absolute atomic E-state index is 14.6. The van der Waals surface area contributed by atoms with Crippen molar-refractivity contribution >= 4 is 35.9 Å². The van der Waals surface area contributed by atoms with Crippen molar-refractivity contribution in [3.8, 4) is 0 Å². The van der Waals surface area contributed by atoms with E-state index in [4.69, 9.17) is 17.9 Å². The zero-order valence-corrected chi connectivity index (χ0v) is 37.4. The monoisotopic (exact) mass is 757 g/mol. The first kappa shape index (κ1) is 45.2. The topological polar surface area (TPSA) is 120 Å². The molecular weight excluding hydrogens is 686 g/mol. The molecule has 7 atom stereocenters. The van der Waals surface area contributed by atoms with Gasteiger partial charge in [0.15, 0.2) is 22.4 Å². The predicted molar refractivity (Wildman–Crippen MR) is 209 cm³/mol. The summed E-state index contributed by atoms with van der Waals surface area (Å²) in [4.78, 5) is 28.9. The van der Waals surface area contributed by atoms with E-state index in [2.05, 4.69) is 113 Å². The molecule has 1 amide bonds. The molecular formula is C38H72NO8PSi2. The van der Waals surface area contributed by atoms with Crippen LogP contribution in [0.25, 0.3) is 0 Å². The lowest BCUT2D eigenvalue weighted by Gasteiger charge is -2.45. The lowest BCUT2D eigenvalue weighted by Crippen LogP contribution is -2.53. The molecule has 12 heteroatoms. The second-order valence-electron chi connectivity index (χ2n) is 18.5. The predicted octanol–water partition coefficient (Wildman–Crippen LogP) is 8.90. The molecule has 50 heavy (non-hydrogen) atoms. The van der Waals surface area contributed by atoms with Crippen LogP contribution in [0, 0.1) is 29.1 Å². The summed E-state index contributed by atoms with van der Waals surface area (Å²) in [5.41, 5.74) is 0.679. The summed E-state index contributed by atoms with van der Waals surface area (Å²) in [6.45, 7) is 32.3. The van der Waals surface area contributed by atoms with Crippen molar-refractivity contribution < 1.29 is 37.2 Å². The van der Waals surface area contributed by atoms with Crippen LogP contribution in [0.1, 0.15) is 95.4 Å². The third-order valence-electron chi connectivity index (χ3n) is 12.3. The Morgan fingerprint density at radius 1 is 1.02 bits per heavy atom. The van der Waals surface area contributed by atoms with Crippen LogP contribution in [0.4, 0.5) is 0 Å². The van der Waals surface area contributed by atoms with Gasteiger partial charge in [-0.3, -0.25) is 14.2 Å². The summed E-state index contributed by atoms with van der Waals surface area (Å²) in [6, 6.07) is -0.203. The minimum atomic E-state index is -3.75. The van der Waals surface area contributed by atoms with Crippen molar-refractivity contribution in [2.45, 2.75) is 150 Å². The minimum absolute atomic E-state index is 0.0393. The summed E-state index contributed by atoms with van der Waals surface area (Å²) in [7, 11) is -5.70. The van der Waals surface area contributed by atoms with E-state index in [0.29, 0.717) is 18.8 Å². The molecule has 1 aliphatic carbocycles. The molecule has 0 bridgehead atoms. The average molecular weight is 758 g/mol. The first-order valence-electron chi connectivity index (χ1n) is 18.5. The number of fused-ring (bicyclic) bond motifs is 1. The highest BCUT2D eigenvalue weighted by atomic mass is 31.2. The summed E-state index contributed by atoms with van der Waals surface area (Å²) < 4.78 is 37.6. The summed E-state index contributed by atoms with van der Waals surface area (Å²) in [5, 5.41) is 13.9. The van der Waals surface area contributed by atoms with E-state index in [9.17, 15) is 19.3 Å². The van der Waals surface area contributed by atoms with Gasteiger partial charge in [0, 0.05) is 32.1 Å². The fourth-order valence-corrected chi connectivity index (χ4v) is 10.9. The fourth-order valence-electron chi connectivity index (χ4n) is 7.14. The number of amides is 1. The highest BCUT2D eigenvalue weighted by Crippen LogP contribution is 2.58. The number of Topliss-reactive ketones (excluding diaryl/α,β-unsaturated/α-hetero) is 1. The van der Waals surface area contributed by atoms with Gasteiger partial charge in [-0.15, -0.1) is 0 Å². The minimum Gasteiger partial charge on any atom is -0.411 e. The second kappa shape index (κ2) is 16.6. The number of hydrogen-bond acceptors (Lipinski definition) is 8. The highest BCUT2D eigenvalue weighted by Gasteiger charge is 2.66. The molecule has 9 nitrogen and oxygen atoms in total. The maximum Gasteiger partial charge on any atom is 0.337 e. The van der Waals surface area contributed by atoms with Gasteiger partial charge in [-0.1, -0.05) is 85.6 Å². The van der Waals surface area contributed by atoms with Gasteiger partial charge in [-0.05, 0) is 81.2 Å². The van der Waals surface area contributed by atoms with Crippen molar-refractivity contribution in [1.29, 1.82) is 0 Å². The van der Waals surface area contributed by atoms with Gasteiger partial charge in [-0.2, -0.15) is 0 Å². The second-order valence-corrected chi connectivity index (χ2v) is 30.2. The SMILES string of the molecule is COP(=O)(CC(=O)[C@@]12C(=O)N[C@@H](CC(C)C)[C@@H]1[C@H](C)C(C)=C[C@@H]2/C=C(\C)CC[C@@H](O[Si](C)(C)C(C)(C)C)[C@H](CO)O[Si](C)(C)C(C)(C)C)OC. The van der Waals surface area contributed by atoms with E-state index in [1.165, 1.54) is 14.2 Å². The zero-order chi connectivity index (χ0) is 38.8. The van der Waals surface area contributed by atoms with Crippen LogP contribution in [0.5, 0.6) is 0 Å². The Labute approximate surface area is 306 Å². The number of ketones is 1. The molecule has 0 saturated carbocycles. The lowest BCUT2D eigenvalue weighted by molar-refractivity contribution is -0.143. The number of aliphatic hydroxyl groups is 1. The highest BCUT2D eigenvalue weighted by molar-refractivity contribution is 7.54. The third-order valence-corrected chi connectivity index (χ3v) is 23.1. The Morgan fingerprint density at radius 2 is 1.52 bits per heavy atom. The maximum atomic E-state index is 14.6.